The molecule has 5 nitrogen and oxygen atoms in total. The highest BCUT2D eigenvalue weighted by molar-refractivity contribution is 5.85. The van der Waals surface area contributed by atoms with Crippen molar-refractivity contribution in [2.45, 2.75) is 64.3 Å². The Morgan fingerprint density at radius 2 is 1.64 bits per heavy atom. The van der Waals surface area contributed by atoms with Gasteiger partial charge in [-0.3, -0.25) is 9.59 Å². The lowest BCUT2D eigenvalue weighted by Gasteiger charge is -2.45. The molecule has 0 aromatic carbocycles. The van der Waals surface area contributed by atoms with Gasteiger partial charge in [0.15, 0.2) is 0 Å². The third kappa shape index (κ3) is 4.68. The van der Waals surface area contributed by atoms with Crippen molar-refractivity contribution in [1.29, 1.82) is 0 Å². The number of piperidine rings is 1. The standard InChI is InChI=1S/C19H33N3O2.ClH/c1-2-8-21-18(23)13-6-9-22(10-7-13)19(24)16-11-14-4-3-5-15(12-16)17(14)20;/h13-17H,2-12,20H2,1H3,(H,21,23);1H. The smallest absolute Gasteiger partial charge is 0.225 e. The van der Waals surface area contributed by atoms with Crippen LogP contribution in [0.4, 0.5) is 0 Å². The van der Waals surface area contributed by atoms with Gasteiger partial charge in [0.2, 0.25) is 11.8 Å². The van der Waals surface area contributed by atoms with E-state index >= 15 is 0 Å². The number of likely N-dealkylation sites (tertiary alicyclic amines) is 1. The van der Waals surface area contributed by atoms with Crippen molar-refractivity contribution in [3.63, 3.8) is 0 Å². The number of rotatable bonds is 4. The highest BCUT2D eigenvalue weighted by Gasteiger charge is 2.42. The van der Waals surface area contributed by atoms with Crippen LogP contribution in [-0.4, -0.2) is 42.4 Å². The van der Waals surface area contributed by atoms with Crippen LogP contribution in [0.2, 0.25) is 0 Å². The normalized spacial score (nSPS) is 32.6. The van der Waals surface area contributed by atoms with Crippen molar-refractivity contribution in [1.82, 2.24) is 10.2 Å². The van der Waals surface area contributed by atoms with Crippen molar-refractivity contribution < 1.29 is 9.59 Å². The van der Waals surface area contributed by atoms with Gasteiger partial charge < -0.3 is 16.0 Å². The van der Waals surface area contributed by atoms with E-state index in [0.717, 1.165) is 51.7 Å². The van der Waals surface area contributed by atoms with Gasteiger partial charge in [-0.2, -0.15) is 0 Å². The molecule has 0 aromatic heterocycles. The summed E-state index contributed by atoms with van der Waals surface area (Å²) in [7, 11) is 0. The van der Waals surface area contributed by atoms with Gasteiger partial charge in [0.25, 0.3) is 0 Å². The molecule has 1 saturated heterocycles. The number of carbonyl (C=O) groups is 2. The van der Waals surface area contributed by atoms with Crippen LogP contribution in [0.1, 0.15) is 58.3 Å². The summed E-state index contributed by atoms with van der Waals surface area (Å²) in [6.45, 7) is 4.29. The van der Waals surface area contributed by atoms with E-state index in [-0.39, 0.29) is 30.2 Å². The van der Waals surface area contributed by atoms with Gasteiger partial charge in [0.1, 0.15) is 0 Å². The van der Waals surface area contributed by atoms with Gasteiger partial charge >= 0.3 is 0 Å². The van der Waals surface area contributed by atoms with E-state index in [0.29, 0.717) is 23.8 Å². The first-order chi connectivity index (χ1) is 11.6. The van der Waals surface area contributed by atoms with E-state index in [1.807, 2.05) is 4.90 Å². The summed E-state index contributed by atoms with van der Waals surface area (Å²) in [4.78, 5) is 27.0. The fourth-order valence-electron chi connectivity index (χ4n) is 5.00. The maximum atomic E-state index is 12.9. The zero-order chi connectivity index (χ0) is 17.1. The highest BCUT2D eigenvalue weighted by Crippen LogP contribution is 2.42. The summed E-state index contributed by atoms with van der Waals surface area (Å²) >= 11 is 0. The Morgan fingerprint density at radius 1 is 1.04 bits per heavy atom. The predicted molar refractivity (Wildman–Crippen MR) is 101 cm³/mol. The number of nitrogens with zero attached hydrogens (tertiary/aromatic N) is 1. The van der Waals surface area contributed by atoms with E-state index < -0.39 is 0 Å². The molecule has 3 fully saturated rings. The van der Waals surface area contributed by atoms with Crippen LogP contribution in [0.5, 0.6) is 0 Å². The molecule has 0 spiro atoms. The molecule has 3 rings (SSSR count). The van der Waals surface area contributed by atoms with Crippen LogP contribution in [0.3, 0.4) is 0 Å². The summed E-state index contributed by atoms with van der Waals surface area (Å²) in [5, 5.41) is 2.98. The third-order valence-electron chi connectivity index (χ3n) is 6.49. The van der Waals surface area contributed by atoms with Gasteiger partial charge in [-0.1, -0.05) is 13.3 Å². The Bertz CT molecular complexity index is 452. The van der Waals surface area contributed by atoms with Crippen LogP contribution in [0.15, 0.2) is 0 Å². The van der Waals surface area contributed by atoms with Crippen molar-refractivity contribution in [3.05, 3.63) is 0 Å². The second kappa shape index (κ2) is 9.22. The average Bonchev–Trinajstić information content (AvgIpc) is 2.59. The van der Waals surface area contributed by atoms with Crippen molar-refractivity contribution in [2.75, 3.05) is 19.6 Å². The first-order valence-corrected chi connectivity index (χ1v) is 9.92. The lowest BCUT2D eigenvalue weighted by molar-refractivity contribution is -0.141. The fraction of sp³-hybridized carbons (Fsp3) is 0.895. The van der Waals surface area contributed by atoms with E-state index in [1.54, 1.807) is 0 Å². The summed E-state index contributed by atoms with van der Waals surface area (Å²) < 4.78 is 0. The van der Waals surface area contributed by atoms with Gasteiger partial charge in [0.05, 0.1) is 0 Å². The maximum Gasteiger partial charge on any atom is 0.225 e. The van der Waals surface area contributed by atoms with Gasteiger partial charge in [0, 0.05) is 37.5 Å². The summed E-state index contributed by atoms with van der Waals surface area (Å²) in [5.41, 5.74) is 6.35. The number of fused-ring (bicyclic) bond motifs is 2. The predicted octanol–water partition coefficient (Wildman–Crippen LogP) is 2.33. The minimum Gasteiger partial charge on any atom is -0.356 e. The quantitative estimate of drug-likeness (QED) is 0.796. The largest absolute Gasteiger partial charge is 0.356 e. The Balaban J connectivity index is 0.00000225. The summed E-state index contributed by atoms with van der Waals surface area (Å²) in [5.74, 6) is 1.84. The molecular formula is C19H34ClN3O2. The molecule has 1 aliphatic heterocycles. The van der Waals surface area contributed by atoms with Crippen LogP contribution in [-0.2, 0) is 9.59 Å². The fourth-order valence-corrected chi connectivity index (χ4v) is 5.00. The molecule has 3 aliphatic rings. The van der Waals surface area contributed by atoms with Crippen molar-refractivity contribution >= 4 is 24.2 Å². The van der Waals surface area contributed by atoms with Crippen LogP contribution < -0.4 is 11.1 Å². The number of hydrogen-bond donors (Lipinski definition) is 2. The van der Waals surface area contributed by atoms with E-state index in [1.165, 1.54) is 19.3 Å². The molecule has 2 aliphatic carbocycles. The Hall–Kier alpha value is -0.810. The molecule has 25 heavy (non-hydrogen) atoms. The molecule has 1 heterocycles. The van der Waals surface area contributed by atoms with Crippen LogP contribution in [0.25, 0.3) is 0 Å². The molecule has 2 bridgehead atoms. The lowest BCUT2D eigenvalue weighted by atomic mass is 9.65. The summed E-state index contributed by atoms with van der Waals surface area (Å²) in [6.07, 6.45) is 8.21. The average molecular weight is 372 g/mol. The monoisotopic (exact) mass is 371 g/mol. The van der Waals surface area contributed by atoms with Gasteiger partial charge in [-0.25, -0.2) is 0 Å². The molecule has 3 N–H and O–H groups in total. The second-order valence-electron chi connectivity index (χ2n) is 8.09. The third-order valence-corrected chi connectivity index (χ3v) is 6.49. The number of nitrogens with two attached hydrogens (primary N) is 1. The van der Waals surface area contributed by atoms with E-state index in [9.17, 15) is 9.59 Å². The Labute approximate surface area is 157 Å². The number of halogens is 1. The number of carbonyl (C=O) groups excluding carboxylic acids is 2. The zero-order valence-electron chi connectivity index (χ0n) is 15.4. The van der Waals surface area contributed by atoms with E-state index in [4.69, 9.17) is 5.73 Å². The lowest BCUT2D eigenvalue weighted by Crippen LogP contribution is -2.51. The van der Waals surface area contributed by atoms with E-state index in [2.05, 4.69) is 12.2 Å². The topological polar surface area (TPSA) is 75.4 Å². The minimum atomic E-state index is 0. The Morgan fingerprint density at radius 3 is 2.20 bits per heavy atom. The van der Waals surface area contributed by atoms with Crippen molar-refractivity contribution in [3.8, 4) is 0 Å². The van der Waals surface area contributed by atoms with Gasteiger partial charge in [-0.05, 0) is 56.8 Å². The Kier molecular flexibility index (Phi) is 7.56. The van der Waals surface area contributed by atoms with Gasteiger partial charge in [-0.15, -0.1) is 12.4 Å². The maximum absolute atomic E-state index is 12.9. The first-order valence-electron chi connectivity index (χ1n) is 9.92. The van der Waals surface area contributed by atoms with Crippen LogP contribution >= 0.6 is 12.4 Å². The summed E-state index contributed by atoms with van der Waals surface area (Å²) in [6, 6.07) is 0.316. The number of hydrogen-bond acceptors (Lipinski definition) is 3. The SMILES string of the molecule is CCCNC(=O)C1CCN(C(=O)C2CC3CCCC(C2)C3N)CC1.Cl. The molecule has 2 unspecified atom stereocenters. The highest BCUT2D eigenvalue weighted by atomic mass is 35.5. The van der Waals surface area contributed by atoms with Crippen molar-refractivity contribution in [2.24, 2.45) is 29.4 Å². The molecule has 0 radical (unpaired) electrons. The molecule has 144 valence electrons. The minimum absolute atomic E-state index is 0. The molecule has 2 saturated carbocycles. The first kappa shape index (κ1) is 20.5. The molecule has 0 aromatic rings. The molecule has 2 amide bonds. The molecule has 2 atom stereocenters. The molecule has 6 heteroatoms. The van der Waals surface area contributed by atoms with Crippen LogP contribution in [0, 0.1) is 23.7 Å². The number of nitrogens with one attached hydrogen (secondary N) is 1. The number of amides is 2. The molecular weight excluding hydrogens is 338 g/mol. The zero-order valence-corrected chi connectivity index (χ0v) is 16.2. The second-order valence-corrected chi connectivity index (χ2v) is 8.09.